The van der Waals surface area contributed by atoms with Gasteiger partial charge in [0.05, 0.1) is 6.04 Å². The molecule has 17 nitrogen and oxygen atoms in total. The summed E-state index contributed by atoms with van der Waals surface area (Å²) in [6.07, 6.45) is -6.61. The molecule has 9 atom stereocenters. The standard InChI is InChI=1S/C50H62N6O11/c1-29-22-35(57)23-30(2)36(29)26-37(51)49(65)56-28-34-19-11-10-18-33(34)25-40(56)47(63)55-39(24-31-14-6-4-7-15-31)46(62)54-38(45(61)53-27-32-16-8-5-9-17-32)20-12-13-21-52-48(64)44-42(59)41(58)43(60)50(66-3)67-44/h4-11,14-19,22-23,37-44,50,57-60H,12-13,20-21,24-28,51H2,1-3H3,(H,52,64)(H,53,61)(H,54,62)(H,55,63)/t37-,38-,39-,40-,41-,42-,43+,44-,50+/m0/s1. The molecule has 0 spiro atoms. The average Bonchev–Trinajstić information content (AvgIpc) is 3.32. The molecule has 6 rings (SSSR count). The van der Waals surface area contributed by atoms with Crippen LogP contribution >= 0.6 is 0 Å². The zero-order valence-corrected chi connectivity index (χ0v) is 38.0. The van der Waals surface area contributed by atoms with E-state index in [1.165, 1.54) is 12.0 Å². The van der Waals surface area contributed by atoms with Gasteiger partial charge in [-0.3, -0.25) is 24.0 Å². The highest BCUT2D eigenvalue weighted by molar-refractivity contribution is 5.95. The van der Waals surface area contributed by atoms with Gasteiger partial charge in [-0.2, -0.15) is 0 Å². The number of benzene rings is 4. The minimum Gasteiger partial charge on any atom is -0.508 e. The molecule has 0 saturated carbocycles. The first-order chi connectivity index (χ1) is 32.1. The van der Waals surface area contributed by atoms with Gasteiger partial charge in [0, 0.05) is 39.6 Å². The van der Waals surface area contributed by atoms with Crippen LogP contribution in [-0.4, -0.2) is 123 Å². The van der Waals surface area contributed by atoms with Gasteiger partial charge < -0.3 is 61.8 Å². The Morgan fingerprint density at radius 3 is 2.03 bits per heavy atom. The van der Waals surface area contributed by atoms with Gasteiger partial charge in [-0.25, -0.2) is 0 Å². The summed E-state index contributed by atoms with van der Waals surface area (Å²) in [4.78, 5) is 71.7. The number of nitrogens with zero attached hydrogens (tertiary/aromatic N) is 1. The molecule has 10 N–H and O–H groups in total. The summed E-state index contributed by atoms with van der Waals surface area (Å²) < 4.78 is 10.4. The molecule has 2 heterocycles. The summed E-state index contributed by atoms with van der Waals surface area (Å²) in [6, 6.07) is 24.8. The Labute approximate surface area is 390 Å². The maximum atomic E-state index is 14.6. The topological polar surface area (TPSA) is 262 Å². The number of phenolic OH excluding ortho intramolecular Hbond substituents is 1. The second-order valence-electron chi connectivity index (χ2n) is 17.3. The number of ether oxygens (including phenoxy) is 2. The molecule has 0 radical (unpaired) electrons. The quantitative estimate of drug-likeness (QED) is 0.0600. The highest BCUT2D eigenvalue weighted by Gasteiger charge is 2.47. The van der Waals surface area contributed by atoms with Gasteiger partial charge in [-0.15, -0.1) is 0 Å². The smallest absolute Gasteiger partial charge is 0.252 e. The predicted octanol–water partition coefficient (Wildman–Crippen LogP) is 1.10. The normalized spacial score (nSPS) is 21.5. The number of carbonyl (C=O) groups excluding carboxylic acids is 5. The molecule has 67 heavy (non-hydrogen) atoms. The number of aliphatic hydroxyl groups excluding tert-OH is 3. The molecule has 4 aromatic rings. The van der Waals surface area contributed by atoms with Crippen molar-refractivity contribution in [2.75, 3.05) is 13.7 Å². The maximum Gasteiger partial charge on any atom is 0.252 e. The number of carbonyl (C=O) groups is 5. The number of hydrogen-bond donors (Lipinski definition) is 9. The third kappa shape index (κ3) is 13.0. The van der Waals surface area contributed by atoms with E-state index in [1.807, 2.05) is 98.8 Å². The maximum absolute atomic E-state index is 14.6. The van der Waals surface area contributed by atoms with Crippen LogP contribution in [0, 0.1) is 13.8 Å². The van der Waals surface area contributed by atoms with Crippen LogP contribution in [0.1, 0.15) is 58.2 Å². The number of aromatic hydroxyl groups is 1. The lowest BCUT2D eigenvalue weighted by Crippen LogP contribution is -2.61. The Bertz CT molecular complexity index is 2310. The van der Waals surface area contributed by atoms with E-state index in [-0.39, 0.29) is 51.1 Å². The molecule has 0 bridgehead atoms. The molecular formula is C50H62N6O11. The van der Waals surface area contributed by atoms with Crippen molar-refractivity contribution in [1.82, 2.24) is 26.2 Å². The Hall–Kier alpha value is -6.21. The molecule has 17 heteroatoms. The fourth-order valence-electron chi connectivity index (χ4n) is 8.62. The van der Waals surface area contributed by atoms with Crippen molar-refractivity contribution < 1.29 is 53.9 Å². The molecule has 0 aliphatic carbocycles. The molecular weight excluding hydrogens is 861 g/mol. The van der Waals surface area contributed by atoms with Crippen molar-refractivity contribution in [3.05, 3.63) is 136 Å². The summed E-state index contributed by atoms with van der Waals surface area (Å²) in [5.41, 5.74) is 12.3. The number of phenols is 1. The third-order valence-corrected chi connectivity index (χ3v) is 12.4. The van der Waals surface area contributed by atoms with Crippen molar-refractivity contribution in [3.8, 4) is 5.75 Å². The van der Waals surface area contributed by atoms with Crippen LogP contribution in [0.2, 0.25) is 0 Å². The van der Waals surface area contributed by atoms with E-state index in [1.54, 1.807) is 12.1 Å². The number of methoxy groups -OCH3 is 1. The second-order valence-corrected chi connectivity index (χ2v) is 17.3. The van der Waals surface area contributed by atoms with Crippen LogP contribution in [0.15, 0.2) is 97.1 Å². The molecule has 1 fully saturated rings. The van der Waals surface area contributed by atoms with Crippen LogP contribution in [0.4, 0.5) is 0 Å². The summed E-state index contributed by atoms with van der Waals surface area (Å²) in [5, 5.41) is 52.1. The monoisotopic (exact) mass is 922 g/mol. The van der Waals surface area contributed by atoms with Gasteiger partial charge in [0.15, 0.2) is 12.4 Å². The summed E-state index contributed by atoms with van der Waals surface area (Å²) in [5.74, 6) is -2.76. The van der Waals surface area contributed by atoms with Gasteiger partial charge in [-0.1, -0.05) is 84.9 Å². The number of nitrogens with two attached hydrogens (primary N) is 1. The fourth-order valence-corrected chi connectivity index (χ4v) is 8.62. The van der Waals surface area contributed by atoms with Crippen LogP contribution in [0.3, 0.4) is 0 Å². The highest BCUT2D eigenvalue weighted by atomic mass is 16.7. The highest BCUT2D eigenvalue weighted by Crippen LogP contribution is 2.27. The Morgan fingerprint density at radius 1 is 0.746 bits per heavy atom. The molecule has 358 valence electrons. The third-order valence-electron chi connectivity index (χ3n) is 12.4. The summed E-state index contributed by atoms with van der Waals surface area (Å²) >= 11 is 0. The number of aliphatic hydroxyl groups is 3. The van der Waals surface area contributed by atoms with Crippen LogP contribution in [0.25, 0.3) is 0 Å². The zero-order chi connectivity index (χ0) is 48.2. The lowest BCUT2D eigenvalue weighted by atomic mass is 9.91. The fraction of sp³-hybridized carbons (Fsp3) is 0.420. The minimum atomic E-state index is -1.71. The molecule has 1 saturated heterocycles. The molecule has 2 aliphatic heterocycles. The number of fused-ring (bicyclic) bond motifs is 1. The number of rotatable bonds is 19. The summed E-state index contributed by atoms with van der Waals surface area (Å²) in [6.45, 7) is 4.04. The van der Waals surface area contributed by atoms with Gasteiger partial charge in [0.1, 0.15) is 42.2 Å². The van der Waals surface area contributed by atoms with Gasteiger partial charge in [0.25, 0.3) is 5.91 Å². The van der Waals surface area contributed by atoms with Crippen molar-refractivity contribution in [2.45, 2.75) is 120 Å². The van der Waals surface area contributed by atoms with Crippen molar-refractivity contribution >= 4 is 29.5 Å². The molecule has 4 aromatic carbocycles. The van der Waals surface area contributed by atoms with E-state index in [4.69, 9.17) is 15.2 Å². The number of aryl methyl sites for hydroxylation is 2. The molecule has 0 aromatic heterocycles. The van der Waals surface area contributed by atoms with Crippen LogP contribution < -0.4 is 27.0 Å². The van der Waals surface area contributed by atoms with E-state index in [2.05, 4.69) is 21.3 Å². The lowest BCUT2D eigenvalue weighted by Gasteiger charge is -2.38. The zero-order valence-electron chi connectivity index (χ0n) is 38.0. The average molecular weight is 923 g/mol. The SMILES string of the molecule is CO[C@@H]1O[C@H](C(=O)NCCCC[C@H](NC(=O)[C@H](Cc2ccccc2)NC(=O)[C@@H]2Cc3ccccc3CN2C(=O)[C@@H](N)Cc2c(C)cc(O)cc2C)C(=O)NCc2ccccc2)[C@@H](O)[C@H](O)[C@H]1O. The van der Waals surface area contributed by atoms with Crippen molar-refractivity contribution in [2.24, 2.45) is 5.73 Å². The van der Waals surface area contributed by atoms with Crippen LogP contribution in [-0.2, 0) is 65.8 Å². The lowest BCUT2D eigenvalue weighted by molar-refractivity contribution is -0.283. The second kappa shape index (κ2) is 23.5. The summed E-state index contributed by atoms with van der Waals surface area (Å²) in [7, 11) is 1.23. The molecule has 5 amide bonds. The van der Waals surface area contributed by atoms with E-state index in [0.717, 1.165) is 38.9 Å². The van der Waals surface area contributed by atoms with Crippen LogP contribution in [0.5, 0.6) is 5.75 Å². The van der Waals surface area contributed by atoms with Crippen molar-refractivity contribution in [1.29, 1.82) is 0 Å². The molecule has 0 unspecified atom stereocenters. The van der Waals surface area contributed by atoms with E-state index in [9.17, 15) is 44.4 Å². The Morgan fingerprint density at radius 2 is 1.37 bits per heavy atom. The Kier molecular flexibility index (Phi) is 17.6. The van der Waals surface area contributed by atoms with Crippen molar-refractivity contribution in [3.63, 3.8) is 0 Å². The first-order valence-electron chi connectivity index (χ1n) is 22.5. The minimum absolute atomic E-state index is 0.0592. The Balaban J connectivity index is 1.18. The van der Waals surface area contributed by atoms with Gasteiger partial charge >= 0.3 is 0 Å². The van der Waals surface area contributed by atoms with E-state index in [0.29, 0.717) is 12.8 Å². The molecule has 2 aliphatic rings. The largest absolute Gasteiger partial charge is 0.508 e. The number of unbranched alkanes of at least 4 members (excludes halogenated alkanes) is 1. The van der Waals surface area contributed by atoms with Gasteiger partial charge in [0.2, 0.25) is 23.6 Å². The number of nitrogens with one attached hydrogen (secondary N) is 4. The van der Waals surface area contributed by atoms with E-state index >= 15 is 0 Å². The predicted molar refractivity (Wildman–Crippen MR) is 247 cm³/mol. The number of amides is 5. The van der Waals surface area contributed by atoms with Gasteiger partial charge in [-0.05, 0) is 90.6 Å². The first kappa shape index (κ1) is 50.2. The van der Waals surface area contributed by atoms with E-state index < -0.39 is 84.4 Å². The number of hydrogen-bond acceptors (Lipinski definition) is 12. The first-order valence-corrected chi connectivity index (χ1v) is 22.5.